The average molecular weight is 1120 g/mol. The second-order valence-corrected chi connectivity index (χ2v) is 20.2. The highest BCUT2D eigenvalue weighted by Gasteiger charge is 2.45. The lowest BCUT2D eigenvalue weighted by Gasteiger charge is -2.19. The van der Waals surface area contributed by atoms with E-state index in [2.05, 4.69) is 14.8 Å². The van der Waals surface area contributed by atoms with E-state index < -0.39 is 29.6 Å². The Morgan fingerprint density at radius 2 is 0.901 bits per heavy atom. The van der Waals surface area contributed by atoms with E-state index in [1.54, 1.807) is 54.6 Å². The van der Waals surface area contributed by atoms with Crippen LogP contribution >= 0.6 is 0 Å². The van der Waals surface area contributed by atoms with Crippen LogP contribution in [-0.2, 0) is 33.4 Å². The number of methoxy groups -OCH3 is 2. The maximum Gasteiger partial charge on any atom is 0.407 e. The summed E-state index contributed by atoms with van der Waals surface area (Å²) in [5, 5.41) is 19.7. The Morgan fingerprint density at radius 3 is 1.26 bits per heavy atom. The number of amides is 1. The number of rotatable bonds is 11. The first-order chi connectivity index (χ1) is 38.4. The second-order valence-electron chi connectivity index (χ2n) is 20.2. The molecule has 4 aliphatic carbocycles. The molecule has 1 amide bonds. The molecule has 0 saturated heterocycles. The van der Waals surface area contributed by atoms with E-state index in [9.17, 15) is 50.3 Å². The van der Waals surface area contributed by atoms with E-state index in [0.29, 0.717) is 23.5 Å². The van der Waals surface area contributed by atoms with Gasteiger partial charge in [0, 0.05) is 36.1 Å². The SMILES string of the molecule is CC(C)(C)OC(=O)NC1CC1c1cccc(F)c1.COC(=O)/C=C/c1cccc(F)c1.COC(=O)C1CC1c1cccc(F)c1.NC1CC1c1cccc(F)c1.O=C(O)/C=C/c1cccc(F)c1.O=C(O)C1CC1c1cccc(F)c1. The number of halogens is 6. The van der Waals surface area contributed by atoms with Crippen molar-refractivity contribution in [3.63, 3.8) is 0 Å². The predicted molar refractivity (Wildman–Crippen MR) is 293 cm³/mol. The zero-order valence-electron chi connectivity index (χ0n) is 45.1. The number of carboxylic acid groups (broad SMARTS) is 2. The van der Waals surface area contributed by atoms with Crippen LogP contribution in [0.25, 0.3) is 12.2 Å². The smallest absolute Gasteiger partial charge is 0.407 e. The summed E-state index contributed by atoms with van der Waals surface area (Å²) in [6.07, 6.45) is 7.89. The normalized spacial score (nSPS) is 20.4. The van der Waals surface area contributed by atoms with Crippen molar-refractivity contribution in [2.24, 2.45) is 17.6 Å². The van der Waals surface area contributed by atoms with Crippen molar-refractivity contribution in [2.45, 2.75) is 87.8 Å². The highest BCUT2D eigenvalue weighted by Crippen LogP contribution is 2.49. The first-order valence-corrected chi connectivity index (χ1v) is 25.7. The van der Waals surface area contributed by atoms with Gasteiger partial charge in [-0.25, -0.2) is 40.7 Å². The fraction of sp³-hybridized carbons (Fsp3) is 0.286. The van der Waals surface area contributed by atoms with Gasteiger partial charge in [0.15, 0.2) is 0 Å². The summed E-state index contributed by atoms with van der Waals surface area (Å²) in [6.45, 7) is 5.47. The summed E-state index contributed by atoms with van der Waals surface area (Å²) in [6, 6.07) is 37.7. The molecular formula is C63H64F6N2O10. The van der Waals surface area contributed by atoms with E-state index in [0.717, 1.165) is 47.6 Å². The lowest BCUT2D eigenvalue weighted by Crippen LogP contribution is -2.34. The van der Waals surface area contributed by atoms with Gasteiger partial charge in [-0.15, -0.1) is 0 Å². The molecule has 0 heterocycles. The summed E-state index contributed by atoms with van der Waals surface area (Å²) in [5.74, 6) is -3.72. The Labute approximate surface area is 466 Å². The van der Waals surface area contributed by atoms with Crippen molar-refractivity contribution in [1.29, 1.82) is 0 Å². The van der Waals surface area contributed by atoms with Gasteiger partial charge in [-0.3, -0.25) is 9.59 Å². The van der Waals surface area contributed by atoms with E-state index in [1.165, 1.54) is 105 Å². The quantitative estimate of drug-likeness (QED) is 0.0418. The molecule has 10 rings (SSSR count). The van der Waals surface area contributed by atoms with Crippen LogP contribution in [0.5, 0.6) is 0 Å². The van der Waals surface area contributed by atoms with Crippen LogP contribution in [0.4, 0.5) is 31.1 Å². The zero-order chi connectivity index (χ0) is 59.4. The molecule has 0 spiro atoms. The Hall–Kier alpha value is -8.51. The minimum absolute atomic E-state index is 0.0215. The number of benzene rings is 6. The standard InChI is InChI=1S/C14H18FNO2.C11H11FO2.2C10H9FO2.C9H10FN.C9H7FO2/c1-14(2,3)18-13(17)16-12-8-11(12)9-5-4-6-10(15)7-9;1-14-11(13)10-6-9(10)7-3-2-4-8(12)5-7;11-7-3-1-2-6(4-7)8-5-9(8)10(12)13;1-13-10(12)6-5-8-3-2-4-9(11)7-8;10-7-3-1-2-6(4-7)8-5-9(8)11;10-8-3-1-2-7(6-8)4-5-9(11)12/h4-7,11-12H,8H2,1-3H3,(H,16,17);2-5,9-10H,6H2,1H3;1-4,8-9H,5H2,(H,12,13);2-7H,1H3;1-4,8-9H,5,11H2;1-6H,(H,11,12)/b;;;6-5+;;5-4+. The number of hydrogen-bond acceptors (Lipinski definition) is 9. The van der Waals surface area contributed by atoms with Gasteiger partial charge >= 0.3 is 30.0 Å². The molecule has 12 nitrogen and oxygen atoms in total. The molecule has 428 valence electrons. The molecule has 0 aromatic heterocycles. The number of aliphatic carboxylic acids is 2. The lowest BCUT2D eigenvalue weighted by molar-refractivity contribution is -0.142. The van der Waals surface area contributed by atoms with Crippen LogP contribution in [0.3, 0.4) is 0 Å². The number of carbonyl (C=O) groups excluding carboxylic acids is 3. The zero-order valence-corrected chi connectivity index (χ0v) is 45.1. The summed E-state index contributed by atoms with van der Waals surface area (Å²) >= 11 is 0. The third kappa shape index (κ3) is 23.0. The Kier molecular flexibility index (Phi) is 23.6. The third-order valence-corrected chi connectivity index (χ3v) is 12.6. The molecule has 5 N–H and O–H groups in total. The highest BCUT2D eigenvalue weighted by atomic mass is 19.1. The predicted octanol–water partition coefficient (Wildman–Crippen LogP) is 12.9. The molecule has 8 unspecified atom stereocenters. The van der Waals surface area contributed by atoms with E-state index in [4.69, 9.17) is 20.7 Å². The van der Waals surface area contributed by atoms with E-state index >= 15 is 0 Å². The first-order valence-electron chi connectivity index (χ1n) is 25.7. The van der Waals surface area contributed by atoms with Gasteiger partial charge in [0.1, 0.15) is 40.5 Å². The number of alkyl carbamates (subject to hydrolysis) is 1. The largest absolute Gasteiger partial charge is 0.481 e. The van der Waals surface area contributed by atoms with E-state index in [1.807, 2.05) is 39.0 Å². The molecule has 6 aromatic carbocycles. The van der Waals surface area contributed by atoms with Crippen LogP contribution in [0.15, 0.2) is 158 Å². The van der Waals surface area contributed by atoms with Crippen molar-refractivity contribution >= 4 is 42.1 Å². The molecule has 4 saturated carbocycles. The van der Waals surface area contributed by atoms with Gasteiger partial charge in [-0.1, -0.05) is 72.8 Å². The van der Waals surface area contributed by atoms with Gasteiger partial charge in [-0.2, -0.15) is 0 Å². The number of nitrogens with one attached hydrogen (secondary N) is 1. The second kappa shape index (κ2) is 30.2. The Morgan fingerprint density at radius 1 is 0.519 bits per heavy atom. The van der Waals surface area contributed by atoms with E-state index in [-0.39, 0.29) is 82.5 Å². The van der Waals surface area contributed by atoms with Crippen LogP contribution in [0.1, 0.15) is 104 Å². The molecule has 8 atom stereocenters. The van der Waals surface area contributed by atoms with Gasteiger partial charge in [0.2, 0.25) is 0 Å². The number of nitrogens with two attached hydrogens (primary N) is 1. The molecule has 18 heteroatoms. The van der Waals surface area contributed by atoms with Crippen molar-refractivity contribution in [2.75, 3.05) is 14.2 Å². The van der Waals surface area contributed by atoms with Crippen LogP contribution < -0.4 is 11.1 Å². The molecule has 4 aliphatic rings. The molecule has 0 aliphatic heterocycles. The van der Waals surface area contributed by atoms with Crippen LogP contribution in [0.2, 0.25) is 0 Å². The van der Waals surface area contributed by atoms with Crippen LogP contribution in [-0.4, -0.2) is 72.1 Å². The monoisotopic (exact) mass is 1120 g/mol. The van der Waals surface area contributed by atoms with Gasteiger partial charge in [-0.05, 0) is 177 Å². The number of carboxylic acids is 2. The first kappa shape index (κ1) is 63.3. The molecule has 0 radical (unpaired) electrons. The highest BCUT2D eigenvalue weighted by molar-refractivity contribution is 5.87. The molecule has 0 bridgehead atoms. The van der Waals surface area contributed by atoms with Gasteiger partial charge < -0.3 is 35.5 Å². The summed E-state index contributed by atoms with van der Waals surface area (Å²) in [5.41, 5.74) is 9.96. The maximum atomic E-state index is 13.1. The molecule has 4 fully saturated rings. The topological polar surface area (TPSA) is 192 Å². The van der Waals surface area contributed by atoms with Crippen molar-refractivity contribution in [1.82, 2.24) is 5.32 Å². The Bertz CT molecular complexity index is 3160. The summed E-state index contributed by atoms with van der Waals surface area (Å²) < 4.78 is 90.6. The number of carbonyl (C=O) groups is 5. The fourth-order valence-electron chi connectivity index (χ4n) is 8.16. The van der Waals surface area contributed by atoms with Crippen LogP contribution in [0, 0.1) is 46.7 Å². The van der Waals surface area contributed by atoms with Gasteiger partial charge in [0.05, 0.1) is 26.1 Å². The van der Waals surface area contributed by atoms with Crippen molar-refractivity contribution < 1.29 is 74.7 Å². The maximum absolute atomic E-state index is 13.1. The lowest BCUT2D eigenvalue weighted by atomic mass is 10.1. The Balaban J connectivity index is 0.000000180. The fourth-order valence-corrected chi connectivity index (χ4v) is 8.16. The molecular weight excluding hydrogens is 1060 g/mol. The summed E-state index contributed by atoms with van der Waals surface area (Å²) in [7, 11) is 2.67. The van der Waals surface area contributed by atoms with Gasteiger partial charge in [0.25, 0.3) is 0 Å². The van der Waals surface area contributed by atoms with Crippen molar-refractivity contribution in [3.8, 4) is 0 Å². The minimum Gasteiger partial charge on any atom is -0.481 e. The molecule has 81 heavy (non-hydrogen) atoms. The van der Waals surface area contributed by atoms with Crippen molar-refractivity contribution in [3.05, 3.63) is 226 Å². The number of esters is 2. The minimum atomic E-state index is -1.04. The molecule has 6 aromatic rings. The number of hydrogen-bond donors (Lipinski definition) is 4. The summed E-state index contributed by atoms with van der Waals surface area (Å²) in [4.78, 5) is 54.0. The third-order valence-electron chi connectivity index (χ3n) is 12.6. The number of ether oxygens (including phenoxy) is 3. The average Bonchev–Trinajstić information content (AvgIpc) is 4.34.